The van der Waals surface area contributed by atoms with Crippen molar-refractivity contribution in [3.05, 3.63) is 72.3 Å². The van der Waals surface area contributed by atoms with Gasteiger partial charge in [0, 0.05) is 17.3 Å². The summed E-state index contributed by atoms with van der Waals surface area (Å²) in [4.78, 5) is 11.9. The number of rotatable bonds is 4. The lowest BCUT2D eigenvalue weighted by atomic mass is 10.2. The third kappa shape index (κ3) is 3.65. The first kappa shape index (κ1) is 14.6. The van der Waals surface area contributed by atoms with E-state index in [1.54, 1.807) is 42.5 Å². The zero-order valence-electron chi connectivity index (χ0n) is 11.9. The second kappa shape index (κ2) is 6.61. The Morgan fingerprint density at radius 3 is 2.61 bits per heavy atom. The van der Waals surface area contributed by atoms with Crippen LogP contribution in [0.1, 0.15) is 5.56 Å². The molecule has 23 heavy (non-hydrogen) atoms. The molecule has 1 amide bonds. The molecule has 0 bridgehead atoms. The van der Waals surface area contributed by atoms with Crippen LogP contribution in [0, 0.1) is 5.82 Å². The Balaban J connectivity index is 1.65. The number of nitrogens with zero attached hydrogens (tertiary/aromatic N) is 4. The number of hydrogen-bond acceptors (Lipinski definition) is 4. The molecule has 2 aromatic carbocycles. The number of carbonyl (C=O) groups is 1. The summed E-state index contributed by atoms with van der Waals surface area (Å²) in [6.07, 6.45) is 4.19. The van der Waals surface area contributed by atoms with E-state index in [1.165, 1.54) is 29.2 Å². The molecule has 7 heteroatoms. The highest BCUT2D eigenvalue weighted by Gasteiger charge is 2.01. The first-order valence-corrected chi connectivity index (χ1v) is 6.79. The molecule has 114 valence electrons. The Kier molecular flexibility index (Phi) is 4.19. The quantitative estimate of drug-likeness (QED) is 0.751. The van der Waals surface area contributed by atoms with E-state index >= 15 is 0 Å². The lowest BCUT2D eigenvalue weighted by Crippen LogP contribution is -2.07. The largest absolute Gasteiger partial charge is 0.323 e. The maximum absolute atomic E-state index is 13.4. The number of hydrogen-bond donors (Lipinski definition) is 1. The lowest BCUT2D eigenvalue weighted by molar-refractivity contribution is -0.111. The average Bonchev–Trinajstić information content (AvgIpc) is 3.09. The fourth-order valence-corrected chi connectivity index (χ4v) is 1.94. The third-order valence-corrected chi connectivity index (χ3v) is 3.07. The van der Waals surface area contributed by atoms with E-state index in [-0.39, 0.29) is 11.7 Å². The van der Waals surface area contributed by atoms with Crippen LogP contribution < -0.4 is 5.32 Å². The molecule has 0 saturated carbocycles. The fourth-order valence-electron chi connectivity index (χ4n) is 1.94. The highest BCUT2D eigenvalue weighted by molar-refractivity contribution is 6.01. The van der Waals surface area contributed by atoms with E-state index in [9.17, 15) is 9.18 Å². The maximum atomic E-state index is 13.4. The Morgan fingerprint density at radius 1 is 1.13 bits per heavy atom. The molecule has 0 atom stereocenters. The van der Waals surface area contributed by atoms with Gasteiger partial charge in [-0.2, -0.15) is 0 Å². The second-order valence-corrected chi connectivity index (χ2v) is 4.65. The van der Waals surface area contributed by atoms with Gasteiger partial charge in [0.15, 0.2) is 0 Å². The predicted molar refractivity (Wildman–Crippen MR) is 83.2 cm³/mol. The van der Waals surface area contributed by atoms with Gasteiger partial charge in [0.05, 0.1) is 5.69 Å². The molecular weight excluding hydrogens is 297 g/mol. The summed E-state index contributed by atoms with van der Waals surface area (Å²) in [5.41, 5.74) is 1.75. The summed E-state index contributed by atoms with van der Waals surface area (Å²) in [5.74, 6) is -0.717. The summed E-state index contributed by atoms with van der Waals surface area (Å²) in [5, 5.41) is 13.6. The van der Waals surface area contributed by atoms with E-state index in [0.717, 1.165) is 5.69 Å². The molecule has 1 aromatic heterocycles. The van der Waals surface area contributed by atoms with E-state index in [0.29, 0.717) is 11.3 Å². The molecule has 0 saturated heterocycles. The molecule has 0 fully saturated rings. The van der Waals surface area contributed by atoms with E-state index in [2.05, 4.69) is 20.8 Å². The number of anilines is 1. The van der Waals surface area contributed by atoms with Gasteiger partial charge in [0.25, 0.3) is 0 Å². The van der Waals surface area contributed by atoms with Gasteiger partial charge in [-0.3, -0.25) is 4.79 Å². The molecule has 3 rings (SSSR count). The van der Waals surface area contributed by atoms with Crippen molar-refractivity contribution in [2.45, 2.75) is 0 Å². The topological polar surface area (TPSA) is 72.7 Å². The van der Waals surface area contributed by atoms with E-state index in [1.807, 2.05) is 0 Å². The standard InChI is InChI=1S/C16H12FN5O/c17-15-4-2-1-3-12(15)5-10-16(23)19-13-6-8-14(9-7-13)22-11-18-20-21-22/h1-11H,(H,19,23)/b10-5+. The summed E-state index contributed by atoms with van der Waals surface area (Å²) in [6, 6.07) is 13.2. The molecule has 6 nitrogen and oxygen atoms in total. The molecule has 0 radical (unpaired) electrons. The number of halogens is 1. The maximum Gasteiger partial charge on any atom is 0.248 e. The van der Waals surface area contributed by atoms with Gasteiger partial charge in [-0.25, -0.2) is 9.07 Å². The van der Waals surface area contributed by atoms with Gasteiger partial charge in [0.2, 0.25) is 5.91 Å². The molecule has 0 aliphatic carbocycles. The van der Waals surface area contributed by atoms with Crippen molar-refractivity contribution in [1.29, 1.82) is 0 Å². The number of tetrazole rings is 1. The van der Waals surface area contributed by atoms with Crippen molar-refractivity contribution in [2.75, 3.05) is 5.32 Å². The van der Waals surface area contributed by atoms with Crippen LogP contribution in [0.2, 0.25) is 0 Å². The summed E-state index contributed by atoms with van der Waals surface area (Å²) < 4.78 is 14.9. The van der Waals surface area contributed by atoms with Crippen molar-refractivity contribution in [3.63, 3.8) is 0 Å². The number of benzene rings is 2. The van der Waals surface area contributed by atoms with Crippen molar-refractivity contribution in [2.24, 2.45) is 0 Å². The van der Waals surface area contributed by atoms with Crippen molar-refractivity contribution in [3.8, 4) is 5.69 Å². The van der Waals surface area contributed by atoms with Crippen molar-refractivity contribution >= 4 is 17.7 Å². The van der Waals surface area contributed by atoms with Crippen molar-refractivity contribution in [1.82, 2.24) is 20.2 Å². The first-order chi connectivity index (χ1) is 11.2. The Hall–Kier alpha value is -3.35. The summed E-state index contributed by atoms with van der Waals surface area (Å²) in [7, 11) is 0. The van der Waals surface area contributed by atoms with Crippen LogP contribution in [-0.4, -0.2) is 26.1 Å². The van der Waals surface area contributed by atoms with E-state index < -0.39 is 0 Å². The molecule has 3 aromatic rings. The number of carbonyl (C=O) groups excluding carboxylic acids is 1. The van der Waals surface area contributed by atoms with Crippen molar-refractivity contribution < 1.29 is 9.18 Å². The Labute approximate surface area is 131 Å². The van der Waals surface area contributed by atoms with Gasteiger partial charge in [-0.05, 0) is 46.8 Å². The summed E-state index contributed by atoms with van der Waals surface area (Å²) >= 11 is 0. The van der Waals surface area contributed by atoms with Crippen LogP contribution in [-0.2, 0) is 4.79 Å². The molecule has 0 spiro atoms. The lowest BCUT2D eigenvalue weighted by Gasteiger charge is -2.04. The molecular formula is C16H12FN5O. The SMILES string of the molecule is O=C(/C=C/c1ccccc1F)Nc1ccc(-n2cnnn2)cc1. The Morgan fingerprint density at radius 2 is 1.91 bits per heavy atom. The molecule has 0 aliphatic heterocycles. The number of nitrogens with one attached hydrogen (secondary N) is 1. The van der Waals surface area contributed by atoms with Gasteiger partial charge in [-0.1, -0.05) is 18.2 Å². The van der Waals surface area contributed by atoms with Crippen LogP contribution in [0.4, 0.5) is 10.1 Å². The molecule has 0 aliphatic rings. The summed E-state index contributed by atoms with van der Waals surface area (Å²) in [6.45, 7) is 0. The highest BCUT2D eigenvalue weighted by Crippen LogP contribution is 2.12. The first-order valence-electron chi connectivity index (χ1n) is 6.79. The minimum atomic E-state index is -0.373. The predicted octanol–water partition coefficient (Wildman–Crippen LogP) is 2.45. The smallest absolute Gasteiger partial charge is 0.248 e. The van der Waals surface area contributed by atoms with Gasteiger partial charge >= 0.3 is 0 Å². The number of aromatic nitrogens is 4. The van der Waals surface area contributed by atoms with Crippen LogP contribution in [0.5, 0.6) is 0 Å². The van der Waals surface area contributed by atoms with Crippen LogP contribution in [0.25, 0.3) is 11.8 Å². The molecule has 1 heterocycles. The fraction of sp³-hybridized carbons (Fsp3) is 0. The minimum Gasteiger partial charge on any atom is -0.323 e. The van der Waals surface area contributed by atoms with Crippen LogP contribution in [0.3, 0.4) is 0 Å². The second-order valence-electron chi connectivity index (χ2n) is 4.65. The Bertz CT molecular complexity index is 828. The molecule has 0 unspecified atom stereocenters. The van der Waals surface area contributed by atoms with E-state index in [4.69, 9.17) is 0 Å². The van der Waals surface area contributed by atoms with Gasteiger partial charge in [-0.15, -0.1) is 5.10 Å². The normalized spacial score (nSPS) is 10.8. The van der Waals surface area contributed by atoms with Gasteiger partial charge in [0.1, 0.15) is 12.1 Å². The van der Waals surface area contributed by atoms with Gasteiger partial charge < -0.3 is 5.32 Å². The van der Waals surface area contributed by atoms with Crippen LogP contribution >= 0.6 is 0 Å². The monoisotopic (exact) mass is 309 g/mol. The molecule has 1 N–H and O–H groups in total. The zero-order chi connectivity index (χ0) is 16.1. The average molecular weight is 309 g/mol. The van der Waals surface area contributed by atoms with Crippen LogP contribution in [0.15, 0.2) is 60.9 Å². The number of amides is 1. The minimum absolute atomic E-state index is 0.344. The third-order valence-electron chi connectivity index (χ3n) is 3.07. The zero-order valence-corrected chi connectivity index (χ0v) is 11.9. The highest BCUT2D eigenvalue weighted by atomic mass is 19.1.